The molecule has 1 saturated heterocycles. The van der Waals surface area contributed by atoms with Gasteiger partial charge in [-0.1, -0.05) is 27.2 Å². The lowest BCUT2D eigenvalue weighted by Crippen LogP contribution is -2.42. The number of likely N-dealkylation sites (tertiary alicyclic amines) is 1. The molecule has 0 aromatic heterocycles. The van der Waals surface area contributed by atoms with Crippen molar-refractivity contribution in [3.05, 3.63) is 0 Å². The average molecular weight is 240 g/mol. The zero-order valence-electron chi connectivity index (χ0n) is 12.3. The molecular formula is C15H32N2. The van der Waals surface area contributed by atoms with Crippen LogP contribution in [0.15, 0.2) is 0 Å². The van der Waals surface area contributed by atoms with E-state index in [1.54, 1.807) is 0 Å². The van der Waals surface area contributed by atoms with Crippen LogP contribution in [-0.4, -0.2) is 30.6 Å². The van der Waals surface area contributed by atoms with E-state index in [1.165, 1.54) is 45.2 Å². The van der Waals surface area contributed by atoms with Gasteiger partial charge in [-0.3, -0.25) is 0 Å². The molecule has 0 amide bonds. The van der Waals surface area contributed by atoms with Crippen molar-refractivity contribution in [2.45, 2.75) is 65.8 Å². The van der Waals surface area contributed by atoms with Crippen molar-refractivity contribution in [2.75, 3.05) is 19.6 Å². The summed E-state index contributed by atoms with van der Waals surface area (Å²) in [6.45, 7) is 12.8. The molecule has 1 rings (SSSR count). The summed E-state index contributed by atoms with van der Waals surface area (Å²) in [6, 6.07) is 0.784. The van der Waals surface area contributed by atoms with Crippen LogP contribution in [0.1, 0.15) is 59.8 Å². The van der Waals surface area contributed by atoms with E-state index in [0.29, 0.717) is 5.41 Å². The Labute approximate surface area is 108 Å². The number of nitrogens with two attached hydrogens (primary N) is 1. The molecule has 2 atom stereocenters. The largest absolute Gasteiger partial charge is 0.330 e. The molecule has 1 heterocycles. The normalized spacial score (nSPS) is 27.4. The molecule has 0 radical (unpaired) electrons. The van der Waals surface area contributed by atoms with E-state index >= 15 is 0 Å². The molecule has 17 heavy (non-hydrogen) atoms. The van der Waals surface area contributed by atoms with Crippen LogP contribution in [-0.2, 0) is 0 Å². The van der Waals surface area contributed by atoms with Crippen molar-refractivity contribution < 1.29 is 0 Å². The molecule has 0 saturated carbocycles. The van der Waals surface area contributed by atoms with Gasteiger partial charge in [0.15, 0.2) is 0 Å². The van der Waals surface area contributed by atoms with E-state index in [1.807, 2.05) is 0 Å². The second-order valence-electron chi connectivity index (χ2n) is 6.72. The Hall–Kier alpha value is -0.0800. The fourth-order valence-corrected chi connectivity index (χ4v) is 2.76. The van der Waals surface area contributed by atoms with Crippen LogP contribution in [0, 0.1) is 11.3 Å². The third kappa shape index (κ3) is 4.97. The minimum atomic E-state index is 0.334. The van der Waals surface area contributed by atoms with E-state index in [2.05, 4.69) is 32.6 Å². The zero-order valence-corrected chi connectivity index (χ0v) is 12.3. The molecule has 2 heteroatoms. The van der Waals surface area contributed by atoms with Gasteiger partial charge in [0, 0.05) is 6.04 Å². The molecule has 1 aliphatic heterocycles. The highest BCUT2D eigenvalue weighted by Crippen LogP contribution is 2.25. The predicted octanol–water partition coefficient (Wildman–Crippen LogP) is 3.26. The van der Waals surface area contributed by atoms with Gasteiger partial charge in [-0.05, 0) is 63.6 Å². The Kier molecular flexibility index (Phi) is 5.94. The molecule has 1 fully saturated rings. The summed E-state index contributed by atoms with van der Waals surface area (Å²) in [4.78, 5) is 2.68. The van der Waals surface area contributed by atoms with Crippen molar-refractivity contribution in [3.8, 4) is 0 Å². The molecule has 2 nitrogen and oxygen atoms in total. The number of hydrogen-bond acceptors (Lipinski definition) is 2. The first-order valence-corrected chi connectivity index (χ1v) is 7.40. The minimum absolute atomic E-state index is 0.334. The molecule has 0 aromatic carbocycles. The van der Waals surface area contributed by atoms with Gasteiger partial charge < -0.3 is 10.6 Å². The maximum atomic E-state index is 5.76. The van der Waals surface area contributed by atoms with Crippen molar-refractivity contribution >= 4 is 0 Å². The molecule has 0 bridgehead atoms. The van der Waals surface area contributed by atoms with Crippen LogP contribution in [0.25, 0.3) is 0 Å². The van der Waals surface area contributed by atoms with Crippen LogP contribution < -0.4 is 5.73 Å². The molecule has 0 aromatic rings. The van der Waals surface area contributed by atoms with Crippen molar-refractivity contribution in [1.82, 2.24) is 4.90 Å². The van der Waals surface area contributed by atoms with Gasteiger partial charge in [0.05, 0.1) is 0 Å². The van der Waals surface area contributed by atoms with Crippen molar-refractivity contribution in [1.29, 1.82) is 0 Å². The quantitative estimate of drug-likeness (QED) is 0.722. The van der Waals surface area contributed by atoms with Gasteiger partial charge in [0.1, 0.15) is 0 Å². The van der Waals surface area contributed by atoms with Crippen LogP contribution in [0.5, 0.6) is 0 Å². The first-order valence-electron chi connectivity index (χ1n) is 7.40. The van der Waals surface area contributed by atoms with Gasteiger partial charge in [-0.2, -0.15) is 0 Å². The van der Waals surface area contributed by atoms with Crippen LogP contribution in [0.3, 0.4) is 0 Å². The van der Waals surface area contributed by atoms with Crippen LogP contribution in [0.4, 0.5) is 0 Å². The first kappa shape index (κ1) is 15.0. The summed E-state index contributed by atoms with van der Waals surface area (Å²) in [7, 11) is 0. The summed E-state index contributed by atoms with van der Waals surface area (Å²) in [5.41, 5.74) is 6.10. The SMILES string of the molecule is CC1CCCN(CCCCC(C)(C)CN)C1C. The monoisotopic (exact) mass is 240 g/mol. The number of rotatable bonds is 6. The molecule has 2 N–H and O–H groups in total. The lowest BCUT2D eigenvalue weighted by molar-refractivity contribution is 0.110. The lowest BCUT2D eigenvalue weighted by Gasteiger charge is -2.38. The summed E-state index contributed by atoms with van der Waals surface area (Å²) >= 11 is 0. The zero-order chi connectivity index (χ0) is 12.9. The summed E-state index contributed by atoms with van der Waals surface area (Å²) in [5.74, 6) is 0.879. The Balaban J connectivity index is 2.18. The highest BCUT2D eigenvalue weighted by atomic mass is 15.2. The van der Waals surface area contributed by atoms with E-state index in [-0.39, 0.29) is 0 Å². The smallest absolute Gasteiger partial charge is 0.00925 e. The summed E-state index contributed by atoms with van der Waals surface area (Å²) in [5, 5.41) is 0. The van der Waals surface area contributed by atoms with Crippen LogP contribution >= 0.6 is 0 Å². The Morgan fingerprint density at radius 2 is 1.94 bits per heavy atom. The maximum Gasteiger partial charge on any atom is 0.00925 e. The predicted molar refractivity (Wildman–Crippen MR) is 76.1 cm³/mol. The van der Waals surface area contributed by atoms with E-state index in [4.69, 9.17) is 5.73 Å². The van der Waals surface area contributed by atoms with E-state index in [9.17, 15) is 0 Å². The topological polar surface area (TPSA) is 29.3 Å². The number of piperidine rings is 1. The van der Waals surface area contributed by atoms with Gasteiger partial charge >= 0.3 is 0 Å². The van der Waals surface area contributed by atoms with Crippen molar-refractivity contribution in [3.63, 3.8) is 0 Å². The highest BCUT2D eigenvalue weighted by Gasteiger charge is 2.24. The fraction of sp³-hybridized carbons (Fsp3) is 1.00. The van der Waals surface area contributed by atoms with Gasteiger partial charge in [0.2, 0.25) is 0 Å². The maximum absolute atomic E-state index is 5.76. The van der Waals surface area contributed by atoms with E-state index in [0.717, 1.165) is 18.5 Å². The van der Waals surface area contributed by atoms with E-state index < -0.39 is 0 Å². The summed E-state index contributed by atoms with van der Waals surface area (Å²) in [6.07, 6.45) is 6.72. The lowest BCUT2D eigenvalue weighted by atomic mass is 9.87. The minimum Gasteiger partial charge on any atom is -0.330 e. The van der Waals surface area contributed by atoms with Crippen LogP contribution in [0.2, 0.25) is 0 Å². The number of unbranched alkanes of at least 4 members (excludes halogenated alkanes) is 1. The third-order valence-corrected chi connectivity index (χ3v) is 4.61. The highest BCUT2D eigenvalue weighted by molar-refractivity contribution is 4.78. The standard InChI is InChI=1S/C15H32N2/c1-13-8-7-11-17(14(13)2)10-6-5-9-15(3,4)12-16/h13-14H,5-12,16H2,1-4H3. The third-order valence-electron chi connectivity index (χ3n) is 4.61. The Bertz CT molecular complexity index is 213. The average Bonchev–Trinajstić information content (AvgIpc) is 2.30. The number of hydrogen-bond donors (Lipinski definition) is 1. The second kappa shape index (κ2) is 6.75. The molecular weight excluding hydrogens is 208 g/mol. The first-order chi connectivity index (χ1) is 7.96. The van der Waals surface area contributed by atoms with Gasteiger partial charge in [-0.15, -0.1) is 0 Å². The molecule has 0 spiro atoms. The fourth-order valence-electron chi connectivity index (χ4n) is 2.76. The Morgan fingerprint density at radius 1 is 1.24 bits per heavy atom. The molecule has 102 valence electrons. The Morgan fingerprint density at radius 3 is 2.59 bits per heavy atom. The molecule has 0 aliphatic carbocycles. The molecule has 1 aliphatic rings. The summed E-state index contributed by atoms with van der Waals surface area (Å²) < 4.78 is 0. The van der Waals surface area contributed by atoms with Gasteiger partial charge in [-0.25, -0.2) is 0 Å². The number of nitrogens with zero attached hydrogens (tertiary/aromatic N) is 1. The molecule has 2 unspecified atom stereocenters. The van der Waals surface area contributed by atoms with Crippen molar-refractivity contribution in [2.24, 2.45) is 17.1 Å². The second-order valence-corrected chi connectivity index (χ2v) is 6.72. The van der Waals surface area contributed by atoms with Gasteiger partial charge in [0.25, 0.3) is 0 Å².